The van der Waals surface area contributed by atoms with Gasteiger partial charge in [-0.2, -0.15) is 0 Å². The summed E-state index contributed by atoms with van der Waals surface area (Å²) in [5.41, 5.74) is 2.96. The molecule has 4 atom stereocenters. The van der Waals surface area contributed by atoms with Gasteiger partial charge >= 0.3 is 12.1 Å². The predicted molar refractivity (Wildman–Crippen MR) is 152 cm³/mol. The Bertz CT molecular complexity index is 1170. The summed E-state index contributed by atoms with van der Waals surface area (Å²) < 4.78 is 11.4. The fraction of sp³-hybridized carbons (Fsp3) is 0.562. The molecule has 212 valence electrons. The summed E-state index contributed by atoms with van der Waals surface area (Å²) in [7, 11) is 1.67. The first-order valence-electron chi connectivity index (χ1n) is 14.0. The van der Waals surface area contributed by atoms with Crippen molar-refractivity contribution >= 4 is 12.1 Å². The number of benzene rings is 2. The molecule has 1 aliphatic heterocycles. The molecule has 1 amide bonds. The fourth-order valence-corrected chi connectivity index (χ4v) is 6.46. The van der Waals surface area contributed by atoms with E-state index in [0.29, 0.717) is 6.54 Å². The largest absolute Gasteiger partial charge is 0.496 e. The quantitative estimate of drug-likeness (QED) is 0.411. The summed E-state index contributed by atoms with van der Waals surface area (Å²) in [5.74, 6) is -0.627. The van der Waals surface area contributed by atoms with Crippen LogP contribution in [-0.4, -0.2) is 47.4 Å². The smallest absolute Gasteiger partial charge is 0.411 e. The molecule has 7 heteroatoms. The van der Waals surface area contributed by atoms with Crippen LogP contribution < -0.4 is 10.1 Å². The van der Waals surface area contributed by atoms with Crippen LogP contribution in [0.4, 0.5) is 4.79 Å². The lowest BCUT2D eigenvalue weighted by Crippen LogP contribution is -2.48. The first-order valence-corrected chi connectivity index (χ1v) is 14.0. The SMILES string of the molecule is COc1ccc(C2(C)CCC2)cc1CN[C@H]1[C@H](C(C)(C)C)[C@@H](C(=O)O)N(C(=O)OC(C)C)[C@H]1c1ccccc1. The minimum atomic E-state index is -1.05. The summed E-state index contributed by atoms with van der Waals surface area (Å²) in [4.78, 5) is 27.8. The van der Waals surface area contributed by atoms with E-state index in [1.165, 1.54) is 29.7 Å². The molecule has 0 bridgehead atoms. The molecule has 0 aromatic heterocycles. The van der Waals surface area contributed by atoms with Gasteiger partial charge in [0.1, 0.15) is 11.8 Å². The molecule has 4 rings (SSSR count). The molecule has 2 aliphatic rings. The van der Waals surface area contributed by atoms with Crippen molar-refractivity contribution in [2.75, 3.05) is 7.11 Å². The molecular weight excluding hydrogens is 492 g/mol. The summed E-state index contributed by atoms with van der Waals surface area (Å²) in [6.07, 6.45) is 2.60. The van der Waals surface area contributed by atoms with E-state index in [-0.39, 0.29) is 17.6 Å². The van der Waals surface area contributed by atoms with Crippen LogP contribution in [0.5, 0.6) is 5.75 Å². The molecule has 1 heterocycles. The number of hydrogen-bond donors (Lipinski definition) is 2. The number of carbonyl (C=O) groups excluding carboxylic acids is 1. The third-order valence-corrected chi connectivity index (χ3v) is 8.57. The van der Waals surface area contributed by atoms with Crippen LogP contribution in [0.1, 0.15) is 83.5 Å². The number of rotatable bonds is 8. The zero-order chi connectivity index (χ0) is 28.5. The molecule has 0 spiro atoms. The van der Waals surface area contributed by atoms with Gasteiger partial charge in [-0.25, -0.2) is 9.59 Å². The first-order chi connectivity index (χ1) is 18.4. The molecule has 39 heavy (non-hydrogen) atoms. The minimum Gasteiger partial charge on any atom is -0.496 e. The highest BCUT2D eigenvalue weighted by atomic mass is 16.6. The van der Waals surface area contributed by atoms with E-state index in [1.807, 2.05) is 57.2 Å². The molecule has 1 aliphatic carbocycles. The normalized spacial score (nSPS) is 24.4. The van der Waals surface area contributed by atoms with Crippen molar-refractivity contribution in [3.05, 3.63) is 65.2 Å². The molecule has 7 nitrogen and oxygen atoms in total. The highest BCUT2D eigenvalue weighted by Crippen LogP contribution is 2.49. The van der Waals surface area contributed by atoms with Gasteiger partial charge in [0.25, 0.3) is 0 Å². The number of carboxylic acid groups (broad SMARTS) is 1. The van der Waals surface area contributed by atoms with Gasteiger partial charge in [0.15, 0.2) is 0 Å². The Labute approximate surface area is 232 Å². The third kappa shape index (κ3) is 5.79. The maximum Gasteiger partial charge on any atom is 0.411 e. The van der Waals surface area contributed by atoms with Gasteiger partial charge in [0.05, 0.1) is 19.3 Å². The van der Waals surface area contributed by atoms with E-state index in [9.17, 15) is 14.7 Å². The second kappa shape index (κ2) is 11.2. The van der Waals surface area contributed by atoms with Crippen molar-refractivity contribution < 1.29 is 24.2 Å². The van der Waals surface area contributed by atoms with E-state index in [2.05, 4.69) is 24.4 Å². The zero-order valence-electron chi connectivity index (χ0n) is 24.4. The van der Waals surface area contributed by atoms with Crippen molar-refractivity contribution in [2.24, 2.45) is 11.3 Å². The average molecular weight is 537 g/mol. The van der Waals surface area contributed by atoms with Crippen molar-refractivity contribution in [2.45, 2.75) is 97.0 Å². The minimum absolute atomic E-state index is 0.181. The maximum atomic E-state index is 13.5. The molecule has 2 aromatic carbocycles. The third-order valence-electron chi connectivity index (χ3n) is 8.57. The lowest BCUT2D eigenvalue weighted by molar-refractivity contribution is -0.144. The fourth-order valence-electron chi connectivity index (χ4n) is 6.46. The summed E-state index contributed by atoms with van der Waals surface area (Å²) in [5, 5.41) is 14.2. The standard InChI is InChI=1S/C32H44N2O5/c1-20(2)39-30(37)34-27(21-12-9-8-10-13-21)26(25(31(3,4)5)28(34)29(35)36)33-19-22-18-23(14-15-24(22)38-7)32(6)16-11-17-32/h8-10,12-15,18,20,25-28,33H,11,16-17,19H2,1-7H3,(H,35,36)/t25-,26-,27-,28-/m0/s1. The lowest BCUT2D eigenvalue weighted by Gasteiger charge is -2.39. The van der Waals surface area contributed by atoms with Crippen LogP contribution >= 0.6 is 0 Å². The average Bonchev–Trinajstić information content (AvgIpc) is 3.22. The molecular formula is C32H44N2O5. The number of amides is 1. The summed E-state index contributed by atoms with van der Waals surface area (Å²) in [6.45, 7) is 12.5. The van der Waals surface area contributed by atoms with E-state index in [1.54, 1.807) is 21.0 Å². The highest BCUT2D eigenvalue weighted by Gasteiger charge is 2.58. The predicted octanol–water partition coefficient (Wildman–Crippen LogP) is 6.31. The number of carboxylic acids is 1. The van der Waals surface area contributed by atoms with Gasteiger partial charge in [-0.15, -0.1) is 0 Å². The van der Waals surface area contributed by atoms with E-state index in [0.717, 1.165) is 16.9 Å². The summed E-state index contributed by atoms with van der Waals surface area (Å²) >= 11 is 0. The van der Waals surface area contributed by atoms with Gasteiger partial charge in [-0.3, -0.25) is 4.90 Å². The van der Waals surface area contributed by atoms with Crippen LogP contribution in [-0.2, 0) is 21.5 Å². The van der Waals surface area contributed by atoms with Gasteiger partial charge < -0.3 is 19.9 Å². The van der Waals surface area contributed by atoms with Crippen LogP contribution in [0.2, 0.25) is 0 Å². The number of nitrogens with zero attached hydrogens (tertiary/aromatic N) is 1. The van der Waals surface area contributed by atoms with Crippen LogP contribution in [0.15, 0.2) is 48.5 Å². The number of nitrogens with one attached hydrogen (secondary N) is 1. The summed E-state index contributed by atoms with van der Waals surface area (Å²) in [6, 6.07) is 14.2. The van der Waals surface area contributed by atoms with Crippen molar-refractivity contribution in [3.63, 3.8) is 0 Å². The first kappa shape index (κ1) is 28.9. The topological polar surface area (TPSA) is 88.1 Å². The molecule has 0 radical (unpaired) electrons. The molecule has 1 saturated carbocycles. The monoisotopic (exact) mass is 536 g/mol. The number of ether oxygens (including phenoxy) is 2. The van der Waals surface area contributed by atoms with Crippen molar-refractivity contribution in [3.8, 4) is 5.75 Å². The van der Waals surface area contributed by atoms with Crippen LogP contribution in [0, 0.1) is 11.3 Å². The molecule has 2 fully saturated rings. The zero-order valence-corrected chi connectivity index (χ0v) is 24.4. The molecule has 2 aromatic rings. The van der Waals surface area contributed by atoms with Crippen molar-refractivity contribution in [1.29, 1.82) is 0 Å². The molecule has 1 saturated heterocycles. The second-order valence-corrected chi connectivity index (χ2v) is 12.7. The Balaban J connectivity index is 1.78. The van der Waals surface area contributed by atoms with E-state index < -0.39 is 35.5 Å². The molecule has 2 N–H and O–H groups in total. The second-order valence-electron chi connectivity index (χ2n) is 12.7. The van der Waals surface area contributed by atoms with Gasteiger partial charge in [0, 0.05) is 24.1 Å². The van der Waals surface area contributed by atoms with Gasteiger partial charge in [-0.05, 0) is 54.7 Å². The van der Waals surface area contributed by atoms with Gasteiger partial charge in [0.2, 0.25) is 0 Å². The number of aliphatic carboxylic acids is 1. The molecule has 0 unspecified atom stereocenters. The van der Waals surface area contributed by atoms with E-state index >= 15 is 0 Å². The van der Waals surface area contributed by atoms with Crippen LogP contribution in [0.3, 0.4) is 0 Å². The Morgan fingerprint density at radius 3 is 2.31 bits per heavy atom. The maximum absolute atomic E-state index is 13.5. The number of carbonyl (C=O) groups is 2. The Hall–Kier alpha value is -3.06. The Morgan fingerprint density at radius 1 is 1.13 bits per heavy atom. The van der Waals surface area contributed by atoms with E-state index in [4.69, 9.17) is 9.47 Å². The number of likely N-dealkylation sites (tertiary alicyclic amines) is 1. The Morgan fingerprint density at radius 2 is 1.79 bits per heavy atom. The Kier molecular flexibility index (Phi) is 8.31. The lowest BCUT2D eigenvalue weighted by atomic mass is 9.66. The van der Waals surface area contributed by atoms with Crippen LogP contribution in [0.25, 0.3) is 0 Å². The van der Waals surface area contributed by atoms with Crippen molar-refractivity contribution in [1.82, 2.24) is 10.2 Å². The number of methoxy groups -OCH3 is 1. The highest BCUT2D eigenvalue weighted by molar-refractivity contribution is 5.82. The number of hydrogen-bond acceptors (Lipinski definition) is 5. The van der Waals surface area contributed by atoms with Gasteiger partial charge in [-0.1, -0.05) is 76.6 Å².